The Morgan fingerprint density at radius 1 is 1.67 bits per heavy atom. The predicted molar refractivity (Wildman–Crippen MR) is 58.7 cm³/mol. The molecule has 0 atom stereocenters. The molecule has 4 heteroatoms. The highest BCUT2D eigenvalue weighted by molar-refractivity contribution is 5.90. The van der Waals surface area contributed by atoms with Crippen LogP contribution in [0.4, 0.5) is 5.69 Å². The van der Waals surface area contributed by atoms with Gasteiger partial charge in [0, 0.05) is 12.6 Å². The standard InChI is InChI=1S/C11H17N3O/c1-2-4-11(15)13-9-7-12-14(8-9)10-5-3-6-10/h7-8,10H,2-6H2,1H3,(H,13,15). The third kappa shape index (κ3) is 2.37. The fourth-order valence-electron chi connectivity index (χ4n) is 1.70. The van der Waals surface area contributed by atoms with E-state index >= 15 is 0 Å². The van der Waals surface area contributed by atoms with E-state index in [1.54, 1.807) is 6.20 Å². The minimum atomic E-state index is 0.0747. The van der Waals surface area contributed by atoms with Crippen molar-refractivity contribution in [3.63, 3.8) is 0 Å². The van der Waals surface area contributed by atoms with Gasteiger partial charge in [0.1, 0.15) is 0 Å². The summed E-state index contributed by atoms with van der Waals surface area (Å²) in [6, 6.07) is 0.557. The molecule has 1 aliphatic carbocycles. The molecule has 0 radical (unpaired) electrons. The molecule has 1 fully saturated rings. The fourth-order valence-corrected chi connectivity index (χ4v) is 1.70. The Balaban J connectivity index is 1.91. The molecule has 0 bridgehead atoms. The van der Waals surface area contributed by atoms with Gasteiger partial charge in [0.15, 0.2) is 0 Å². The van der Waals surface area contributed by atoms with E-state index in [1.807, 2.05) is 17.8 Å². The number of hydrogen-bond donors (Lipinski definition) is 1. The third-order valence-electron chi connectivity index (χ3n) is 2.81. The Bertz CT molecular complexity index is 341. The van der Waals surface area contributed by atoms with Crippen LogP contribution in [0.2, 0.25) is 0 Å². The summed E-state index contributed by atoms with van der Waals surface area (Å²) in [5, 5.41) is 7.10. The molecule has 1 aliphatic rings. The lowest BCUT2D eigenvalue weighted by atomic mass is 9.93. The molecule has 15 heavy (non-hydrogen) atoms. The number of nitrogens with one attached hydrogen (secondary N) is 1. The number of nitrogens with zero attached hydrogens (tertiary/aromatic N) is 2. The second kappa shape index (κ2) is 4.47. The monoisotopic (exact) mass is 207 g/mol. The predicted octanol–water partition coefficient (Wildman–Crippen LogP) is 2.35. The molecule has 1 aromatic heterocycles. The van der Waals surface area contributed by atoms with Crippen LogP contribution >= 0.6 is 0 Å². The highest BCUT2D eigenvalue weighted by Gasteiger charge is 2.20. The number of carbonyl (C=O) groups excluding carboxylic acids is 1. The number of rotatable bonds is 4. The Morgan fingerprint density at radius 2 is 2.47 bits per heavy atom. The fraction of sp³-hybridized carbons (Fsp3) is 0.636. The first-order valence-corrected chi connectivity index (χ1v) is 5.63. The van der Waals surface area contributed by atoms with Gasteiger partial charge in [-0.15, -0.1) is 0 Å². The van der Waals surface area contributed by atoms with Gasteiger partial charge in [-0.1, -0.05) is 6.92 Å². The van der Waals surface area contributed by atoms with E-state index in [-0.39, 0.29) is 5.91 Å². The number of anilines is 1. The molecule has 0 saturated heterocycles. The normalized spacial score (nSPS) is 16.1. The average Bonchev–Trinajstić information content (AvgIpc) is 2.50. The number of amides is 1. The SMILES string of the molecule is CCCC(=O)Nc1cnn(C2CCC2)c1. The number of hydrogen-bond acceptors (Lipinski definition) is 2. The number of carbonyl (C=O) groups is 1. The maximum atomic E-state index is 11.3. The van der Waals surface area contributed by atoms with E-state index in [2.05, 4.69) is 10.4 Å². The highest BCUT2D eigenvalue weighted by atomic mass is 16.1. The van der Waals surface area contributed by atoms with Crippen LogP contribution in [-0.2, 0) is 4.79 Å². The van der Waals surface area contributed by atoms with E-state index in [4.69, 9.17) is 0 Å². The van der Waals surface area contributed by atoms with Crippen molar-refractivity contribution < 1.29 is 4.79 Å². The van der Waals surface area contributed by atoms with Crippen LogP contribution in [0, 0.1) is 0 Å². The van der Waals surface area contributed by atoms with Gasteiger partial charge in [0.05, 0.1) is 17.9 Å². The van der Waals surface area contributed by atoms with Crippen molar-refractivity contribution in [1.29, 1.82) is 0 Å². The lowest BCUT2D eigenvalue weighted by molar-refractivity contribution is -0.116. The van der Waals surface area contributed by atoms with E-state index in [1.165, 1.54) is 19.3 Å². The molecule has 0 aromatic carbocycles. The van der Waals surface area contributed by atoms with Crippen molar-refractivity contribution in [3.8, 4) is 0 Å². The van der Waals surface area contributed by atoms with Crippen molar-refractivity contribution in [3.05, 3.63) is 12.4 Å². The molecule has 1 amide bonds. The molecule has 0 spiro atoms. The zero-order chi connectivity index (χ0) is 10.7. The van der Waals surface area contributed by atoms with Gasteiger partial charge in [-0.25, -0.2) is 0 Å². The molecule has 1 aromatic rings. The third-order valence-corrected chi connectivity index (χ3v) is 2.81. The highest BCUT2D eigenvalue weighted by Crippen LogP contribution is 2.31. The molecule has 1 saturated carbocycles. The Morgan fingerprint density at radius 3 is 3.07 bits per heavy atom. The summed E-state index contributed by atoms with van der Waals surface area (Å²) in [5.74, 6) is 0.0747. The molecule has 0 unspecified atom stereocenters. The summed E-state index contributed by atoms with van der Waals surface area (Å²) < 4.78 is 1.96. The van der Waals surface area contributed by atoms with Crippen molar-refractivity contribution in [2.45, 2.75) is 45.1 Å². The van der Waals surface area contributed by atoms with E-state index in [0.29, 0.717) is 12.5 Å². The van der Waals surface area contributed by atoms with Crippen LogP contribution in [0.25, 0.3) is 0 Å². The summed E-state index contributed by atoms with van der Waals surface area (Å²) >= 11 is 0. The van der Waals surface area contributed by atoms with Crippen LogP contribution in [0.1, 0.15) is 45.1 Å². The number of aromatic nitrogens is 2. The zero-order valence-electron chi connectivity index (χ0n) is 9.07. The first kappa shape index (κ1) is 10.2. The second-order valence-corrected chi connectivity index (χ2v) is 4.09. The second-order valence-electron chi connectivity index (χ2n) is 4.09. The van der Waals surface area contributed by atoms with E-state index in [0.717, 1.165) is 12.1 Å². The van der Waals surface area contributed by atoms with Crippen LogP contribution < -0.4 is 5.32 Å². The van der Waals surface area contributed by atoms with Crippen LogP contribution in [-0.4, -0.2) is 15.7 Å². The van der Waals surface area contributed by atoms with E-state index < -0.39 is 0 Å². The first-order valence-electron chi connectivity index (χ1n) is 5.63. The molecular formula is C11H17N3O. The summed E-state index contributed by atoms with van der Waals surface area (Å²) in [7, 11) is 0. The summed E-state index contributed by atoms with van der Waals surface area (Å²) in [6.45, 7) is 2.00. The zero-order valence-corrected chi connectivity index (χ0v) is 9.07. The van der Waals surface area contributed by atoms with Gasteiger partial charge < -0.3 is 5.32 Å². The minimum Gasteiger partial charge on any atom is -0.323 e. The maximum absolute atomic E-state index is 11.3. The molecular weight excluding hydrogens is 190 g/mol. The topological polar surface area (TPSA) is 46.9 Å². The van der Waals surface area contributed by atoms with Gasteiger partial charge in [0.25, 0.3) is 0 Å². The molecule has 2 rings (SSSR count). The Kier molecular flexibility index (Phi) is 3.04. The van der Waals surface area contributed by atoms with Gasteiger partial charge >= 0.3 is 0 Å². The Hall–Kier alpha value is -1.32. The smallest absolute Gasteiger partial charge is 0.224 e. The molecule has 1 N–H and O–H groups in total. The van der Waals surface area contributed by atoms with Crippen molar-refractivity contribution >= 4 is 11.6 Å². The van der Waals surface area contributed by atoms with Crippen LogP contribution in [0.3, 0.4) is 0 Å². The molecule has 4 nitrogen and oxygen atoms in total. The summed E-state index contributed by atoms with van der Waals surface area (Å²) in [6.07, 6.45) is 8.83. The summed E-state index contributed by atoms with van der Waals surface area (Å²) in [5.41, 5.74) is 0.820. The lowest BCUT2D eigenvalue weighted by Gasteiger charge is -2.25. The van der Waals surface area contributed by atoms with Gasteiger partial charge in [-0.3, -0.25) is 9.48 Å². The average molecular weight is 207 g/mol. The van der Waals surface area contributed by atoms with Crippen LogP contribution in [0.15, 0.2) is 12.4 Å². The molecule has 82 valence electrons. The largest absolute Gasteiger partial charge is 0.323 e. The van der Waals surface area contributed by atoms with Gasteiger partial charge in [0.2, 0.25) is 5.91 Å². The quantitative estimate of drug-likeness (QED) is 0.823. The Labute approximate surface area is 89.7 Å². The molecule has 1 heterocycles. The van der Waals surface area contributed by atoms with Crippen molar-refractivity contribution in [1.82, 2.24) is 9.78 Å². The minimum absolute atomic E-state index is 0.0747. The van der Waals surface area contributed by atoms with Crippen molar-refractivity contribution in [2.24, 2.45) is 0 Å². The first-order chi connectivity index (χ1) is 7.29. The lowest BCUT2D eigenvalue weighted by Crippen LogP contribution is -2.17. The maximum Gasteiger partial charge on any atom is 0.224 e. The van der Waals surface area contributed by atoms with Gasteiger partial charge in [-0.2, -0.15) is 5.10 Å². The van der Waals surface area contributed by atoms with Gasteiger partial charge in [-0.05, 0) is 25.7 Å². The van der Waals surface area contributed by atoms with Crippen LogP contribution in [0.5, 0.6) is 0 Å². The van der Waals surface area contributed by atoms with E-state index in [9.17, 15) is 4.79 Å². The molecule has 0 aliphatic heterocycles. The summed E-state index contributed by atoms with van der Waals surface area (Å²) in [4.78, 5) is 11.3. The van der Waals surface area contributed by atoms with Crippen molar-refractivity contribution in [2.75, 3.05) is 5.32 Å².